The first kappa shape index (κ1) is 18.9. The molecule has 24 heavy (non-hydrogen) atoms. The number of sulfonamides is 1. The number of hydrogen-bond acceptors (Lipinski definition) is 3. The molecule has 1 aromatic carbocycles. The minimum absolute atomic E-state index is 0.157. The summed E-state index contributed by atoms with van der Waals surface area (Å²) in [4.78, 5) is 12.5. The quantitative estimate of drug-likeness (QED) is 0.855. The molecule has 1 saturated carbocycles. The van der Waals surface area contributed by atoms with Crippen molar-refractivity contribution in [3.8, 4) is 0 Å². The molecule has 1 fully saturated rings. The van der Waals surface area contributed by atoms with Crippen molar-refractivity contribution in [1.82, 2.24) is 10.0 Å². The van der Waals surface area contributed by atoms with Crippen LogP contribution in [0.3, 0.4) is 0 Å². The zero-order chi connectivity index (χ0) is 17.6. The van der Waals surface area contributed by atoms with E-state index in [9.17, 15) is 13.2 Å². The fourth-order valence-electron chi connectivity index (χ4n) is 3.00. The smallest absolute Gasteiger partial charge is 0.241 e. The second kappa shape index (κ2) is 8.62. The first-order valence-electron chi connectivity index (χ1n) is 8.78. The lowest BCUT2D eigenvalue weighted by molar-refractivity contribution is -0.123. The highest BCUT2D eigenvalue weighted by molar-refractivity contribution is 7.89. The van der Waals surface area contributed by atoms with Crippen LogP contribution in [0, 0.1) is 6.92 Å². The van der Waals surface area contributed by atoms with E-state index < -0.39 is 16.1 Å². The van der Waals surface area contributed by atoms with Crippen LogP contribution in [0.15, 0.2) is 29.2 Å². The first-order valence-corrected chi connectivity index (χ1v) is 10.3. The van der Waals surface area contributed by atoms with Crippen LogP contribution < -0.4 is 10.0 Å². The highest BCUT2D eigenvalue weighted by atomic mass is 32.2. The second-order valence-electron chi connectivity index (χ2n) is 6.71. The molecule has 5 nitrogen and oxygen atoms in total. The van der Waals surface area contributed by atoms with Crippen LogP contribution in [0.4, 0.5) is 0 Å². The number of aryl methyl sites for hydroxylation is 1. The molecule has 1 atom stereocenters. The van der Waals surface area contributed by atoms with Crippen molar-refractivity contribution in [3.05, 3.63) is 29.8 Å². The Bertz CT molecular complexity index is 633. The normalized spacial score (nSPS) is 18.4. The van der Waals surface area contributed by atoms with Gasteiger partial charge < -0.3 is 5.32 Å². The Hall–Kier alpha value is -1.40. The van der Waals surface area contributed by atoms with Crippen molar-refractivity contribution < 1.29 is 13.2 Å². The van der Waals surface area contributed by atoms with Gasteiger partial charge in [0.15, 0.2) is 0 Å². The Balaban J connectivity index is 1.93. The lowest BCUT2D eigenvalue weighted by Crippen LogP contribution is -2.48. The van der Waals surface area contributed by atoms with Crippen molar-refractivity contribution in [2.45, 2.75) is 75.8 Å². The number of rotatable bonds is 5. The van der Waals surface area contributed by atoms with E-state index in [0.717, 1.165) is 31.2 Å². The third-order valence-electron chi connectivity index (χ3n) is 4.51. The largest absolute Gasteiger partial charge is 0.352 e. The van der Waals surface area contributed by atoms with Gasteiger partial charge in [-0.2, -0.15) is 4.72 Å². The van der Waals surface area contributed by atoms with E-state index in [1.54, 1.807) is 31.2 Å². The molecule has 0 saturated heterocycles. The second-order valence-corrected chi connectivity index (χ2v) is 8.42. The minimum atomic E-state index is -3.69. The minimum Gasteiger partial charge on any atom is -0.352 e. The van der Waals surface area contributed by atoms with E-state index in [1.807, 2.05) is 6.92 Å². The maximum atomic E-state index is 12.4. The number of carbonyl (C=O) groups excluding carboxylic acids is 1. The SMILES string of the molecule is Cc1ccc(S(=O)(=O)N[C@H](C)C(=O)NC2CCCCCCC2)cc1. The van der Waals surface area contributed by atoms with E-state index in [-0.39, 0.29) is 16.8 Å². The van der Waals surface area contributed by atoms with Gasteiger partial charge in [-0.1, -0.05) is 49.8 Å². The summed E-state index contributed by atoms with van der Waals surface area (Å²) in [7, 11) is -3.69. The van der Waals surface area contributed by atoms with Gasteiger partial charge >= 0.3 is 0 Å². The average Bonchev–Trinajstić information content (AvgIpc) is 2.49. The summed E-state index contributed by atoms with van der Waals surface area (Å²) < 4.78 is 27.2. The van der Waals surface area contributed by atoms with Crippen LogP contribution >= 0.6 is 0 Å². The van der Waals surface area contributed by atoms with Crippen molar-refractivity contribution in [1.29, 1.82) is 0 Å². The van der Waals surface area contributed by atoms with Crippen LogP contribution in [0.5, 0.6) is 0 Å². The summed E-state index contributed by atoms with van der Waals surface area (Å²) in [5.74, 6) is -0.253. The first-order chi connectivity index (χ1) is 11.4. The van der Waals surface area contributed by atoms with Gasteiger partial charge in [-0.05, 0) is 38.8 Å². The van der Waals surface area contributed by atoms with E-state index in [1.165, 1.54) is 19.3 Å². The summed E-state index contributed by atoms with van der Waals surface area (Å²) in [6.45, 7) is 3.48. The molecule has 1 aliphatic carbocycles. The van der Waals surface area contributed by atoms with Gasteiger partial charge in [-0.25, -0.2) is 8.42 Å². The standard InChI is InChI=1S/C18H28N2O3S/c1-14-10-12-17(13-11-14)24(22,23)20-15(2)18(21)19-16-8-6-4-3-5-7-9-16/h10-13,15-16,20H,3-9H2,1-2H3,(H,19,21)/t15-/m1/s1. The molecule has 0 unspecified atom stereocenters. The predicted octanol–water partition coefficient (Wildman–Crippen LogP) is 2.89. The molecule has 0 spiro atoms. The summed E-state index contributed by atoms with van der Waals surface area (Å²) in [6, 6.07) is 5.96. The predicted molar refractivity (Wildman–Crippen MR) is 95.2 cm³/mol. The van der Waals surface area contributed by atoms with Gasteiger partial charge in [0, 0.05) is 6.04 Å². The topological polar surface area (TPSA) is 75.3 Å². The summed E-state index contributed by atoms with van der Waals surface area (Å²) >= 11 is 0. The molecule has 2 N–H and O–H groups in total. The summed E-state index contributed by atoms with van der Waals surface area (Å²) in [5, 5.41) is 3.00. The van der Waals surface area contributed by atoms with Crippen molar-refractivity contribution >= 4 is 15.9 Å². The van der Waals surface area contributed by atoms with E-state index in [0.29, 0.717) is 0 Å². The molecular formula is C18H28N2O3S. The maximum absolute atomic E-state index is 12.4. The third kappa shape index (κ3) is 5.60. The fourth-order valence-corrected chi connectivity index (χ4v) is 4.20. The highest BCUT2D eigenvalue weighted by Gasteiger charge is 2.23. The van der Waals surface area contributed by atoms with E-state index in [2.05, 4.69) is 10.0 Å². The van der Waals surface area contributed by atoms with Crippen molar-refractivity contribution in [2.75, 3.05) is 0 Å². The Labute approximate surface area is 145 Å². The molecule has 0 aromatic heterocycles. The van der Waals surface area contributed by atoms with E-state index in [4.69, 9.17) is 0 Å². The lowest BCUT2D eigenvalue weighted by atomic mass is 9.96. The third-order valence-corrected chi connectivity index (χ3v) is 6.06. The molecule has 0 aliphatic heterocycles. The van der Waals surface area contributed by atoms with E-state index >= 15 is 0 Å². The van der Waals surface area contributed by atoms with Gasteiger partial charge in [-0.15, -0.1) is 0 Å². The fraction of sp³-hybridized carbons (Fsp3) is 0.611. The van der Waals surface area contributed by atoms with Gasteiger partial charge in [0.05, 0.1) is 10.9 Å². The van der Waals surface area contributed by atoms with Crippen LogP contribution in [-0.2, 0) is 14.8 Å². The van der Waals surface area contributed by atoms with Crippen LogP contribution in [0.2, 0.25) is 0 Å². The number of carbonyl (C=O) groups is 1. The van der Waals surface area contributed by atoms with Crippen LogP contribution in [0.1, 0.15) is 57.4 Å². The Kier molecular flexibility index (Phi) is 6.80. The van der Waals surface area contributed by atoms with Crippen molar-refractivity contribution in [2.24, 2.45) is 0 Å². The molecule has 1 aliphatic rings. The Morgan fingerprint density at radius 1 is 1.04 bits per heavy atom. The maximum Gasteiger partial charge on any atom is 0.241 e. The molecule has 0 bridgehead atoms. The number of amides is 1. The zero-order valence-electron chi connectivity index (χ0n) is 14.5. The van der Waals surface area contributed by atoms with Gasteiger partial charge in [0.2, 0.25) is 15.9 Å². The summed E-state index contributed by atoms with van der Waals surface area (Å²) in [6.07, 6.45) is 7.88. The van der Waals surface area contributed by atoms with Gasteiger partial charge in [-0.3, -0.25) is 4.79 Å². The summed E-state index contributed by atoms with van der Waals surface area (Å²) in [5.41, 5.74) is 0.990. The molecular weight excluding hydrogens is 324 g/mol. The molecule has 2 rings (SSSR count). The molecule has 0 heterocycles. The molecule has 1 aromatic rings. The van der Waals surface area contributed by atoms with Gasteiger partial charge in [0.25, 0.3) is 0 Å². The van der Waals surface area contributed by atoms with Crippen LogP contribution in [0.25, 0.3) is 0 Å². The lowest BCUT2D eigenvalue weighted by Gasteiger charge is -2.23. The van der Waals surface area contributed by atoms with Gasteiger partial charge in [0.1, 0.15) is 0 Å². The molecule has 1 amide bonds. The van der Waals surface area contributed by atoms with Crippen LogP contribution in [-0.4, -0.2) is 26.4 Å². The number of hydrogen-bond donors (Lipinski definition) is 2. The molecule has 6 heteroatoms. The highest BCUT2D eigenvalue weighted by Crippen LogP contribution is 2.17. The number of nitrogens with one attached hydrogen (secondary N) is 2. The monoisotopic (exact) mass is 352 g/mol. The Morgan fingerprint density at radius 3 is 2.17 bits per heavy atom. The molecule has 0 radical (unpaired) electrons. The van der Waals surface area contributed by atoms with Crippen molar-refractivity contribution in [3.63, 3.8) is 0 Å². The average molecular weight is 353 g/mol. The zero-order valence-corrected chi connectivity index (χ0v) is 15.4. The number of benzene rings is 1. The Morgan fingerprint density at radius 2 is 1.58 bits per heavy atom. The molecule has 134 valence electrons.